The lowest BCUT2D eigenvalue weighted by Gasteiger charge is -2.30. The maximum Gasteiger partial charge on any atom is 0.337 e. The average molecular weight is 152 g/mol. The number of rotatable bonds is 1. The Labute approximate surface area is 66.8 Å². The molecule has 0 spiro atoms. The first-order chi connectivity index (χ1) is 5.03. The first-order valence-corrected chi connectivity index (χ1v) is 3.36. The molecule has 1 aliphatic heterocycles. The monoisotopic (exact) mass is 152 g/mol. The Balaban J connectivity index is 2.78. The van der Waals surface area contributed by atoms with Crippen LogP contribution in [0.1, 0.15) is 13.8 Å². The first kappa shape index (κ1) is 8.17. The molecule has 0 unspecified atom stereocenters. The molecule has 0 bridgehead atoms. The highest BCUT2D eigenvalue weighted by molar-refractivity contribution is 6.10. The molecule has 0 N–H and O–H groups in total. The van der Waals surface area contributed by atoms with Gasteiger partial charge >= 0.3 is 5.97 Å². The van der Waals surface area contributed by atoms with Gasteiger partial charge in [0.05, 0.1) is 19.7 Å². The van der Waals surface area contributed by atoms with E-state index in [4.69, 9.17) is 17.3 Å². The van der Waals surface area contributed by atoms with Crippen LogP contribution in [0.4, 0.5) is 0 Å². The summed E-state index contributed by atoms with van der Waals surface area (Å²) in [6, 6.07) is 0. The van der Waals surface area contributed by atoms with E-state index in [-0.39, 0.29) is 6.32 Å². The van der Waals surface area contributed by atoms with Crippen LogP contribution < -0.4 is 0 Å². The minimum Gasteiger partial charge on any atom is -0.458 e. The third-order valence-electron chi connectivity index (χ3n) is 1.20. The van der Waals surface area contributed by atoms with Crippen molar-refractivity contribution in [1.82, 2.24) is 0 Å². The maximum atomic E-state index is 10.8. The highest BCUT2D eigenvalue weighted by atomic mass is 16.7. The van der Waals surface area contributed by atoms with Crippen LogP contribution >= 0.6 is 0 Å². The Kier molecular flexibility index (Phi) is 1.93. The molecule has 0 saturated carbocycles. The Hall–Kier alpha value is -0.925. The summed E-state index contributed by atoms with van der Waals surface area (Å²) in [7, 11) is 5.29. The molecule has 0 amide bonds. The quantitative estimate of drug-likeness (QED) is 0.411. The molecule has 1 aliphatic rings. The molecule has 0 aliphatic carbocycles. The van der Waals surface area contributed by atoms with Crippen molar-refractivity contribution in [3.63, 3.8) is 0 Å². The lowest BCUT2D eigenvalue weighted by molar-refractivity contribution is -0.204. The Morgan fingerprint density at radius 1 is 1.55 bits per heavy atom. The van der Waals surface area contributed by atoms with Crippen LogP contribution in [0.15, 0.2) is 11.8 Å². The van der Waals surface area contributed by atoms with Gasteiger partial charge in [-0.15, -0.1) is 0 Å². The molecule has 58 valence electrons. The summed E-state index contributed by atoms with van der Waals surface area (Å²) in [5.74, 6) is -0.812. The van der Waals surface area contributed by atoms with E-state index in [1.807, 2.05) is 0 Å². The van der Waals surface area contributed by atoms with E-state index < -0.39 is 11.8 Å². The van der Waals surface area contributed by atoms with E-state index in [1.54, 1.807) is 13.8 Å². The molecule has 1 heterocycles. The third kappa shape index (κ3) is 2.00. The maximum absolute atomic E-state index is 10.8. The van der Waals surface area contributed by atoms with Gasteiger partial charge in [-0.25, -0.2) is 4.79 Å². The molecule has 3 nitrogen and oxygen atoms in total. The van der Waals surface area contributed by atoms with Crippen LogP contribution in [0.3, 0.4) is 0 Å². The zero-order valence-electron chi connectivity index (χ0n) is 6.59. The molecule has 0 atom stereocenters. The van der Waals surface area contributed by atoms with Crippen molar-refractivity contribution in [1.29, 1.82) is 0 Å². The average Bonchev–Trinajstić information content (AvgIpc) is 1.83. The fourth-order valence-corrected chi connectivity index (χ4v) is 0.870. The van der Waals surface area contributed by atoms with Crippen LogP contribution in [-0.4, -0.2) is 19.6 Å². The number of hydrogen-bond donors (Lipinski definition) is 0. The highest BCUT2D eigenvalue weighted by Crippen LogP contribution is 2.22. The molecular formula is C7H9BO3. The molecule has 0 fully saturated rings. The van der Waals surface area contributed by atoms with Gasteiger partial charge in [0.25, 0.3) is 0 Å². The van der Waals surface area contributed by atoms with E-state index in [0.717, 1.165) is 0 Å². The van der Waals surface area contributed by atoms with Crippen molar-refractivity contribution < 1.29 is 14.3 Å². The number of cyclic esters (lactones) is 1. The Morgan fingerprint density at radius 3 is 2.64 bits per heavy atom. The zero-order chi connectivity index (χ0) is 8.48. The van der Waals surface area contributed by atoms with Gasteiger partial charge in [0.15, 0.2) is 0 Å². The first-order valence-electron chi connectivity index (χ1n) is 3.36. The summed E-state index contributed by atoms with van der Waals surface area (Å²) in [6.07, 6.45) is 1.48. The van der Waals surface area contributed by atoms with Crippen molar-refractivity contribution in [3.05, 3.63) is 11.8 Å². The van der Waals surface area contributed by atoms with Gasteiger partial charge in [0.1, 0.15) is 0 Å². The third-order valence-corrected chi connectivity index (χ3v) is 1.20. The lowest BCUT2D eigenvalue weighted by atomic mass is 10.0. The summed E-state index contributed by atoms with van der Waals surface area (Å²) >= 11 is 0. The van der Waals surface area contributed by atoms with Crippen LogP contribution in [0, 0.1) is 0 Å². The molecule has 1 rings (SSSR count). The van der Waals surface area contributed by atoms with Gasteiger partial charge in [-0.2, -0.15) is 0 Å². The molecule has 0 aromatic rings. The zero-order valence-corrected chi connectivity index (χ0v) is 6.59. The van der Waals surface area contributed by atoms with Gasteiger partial charge in [-0.1, -0.05) is 0 Å². The summed E-state index contributed by atoms with van der Waals surface area (Å²) in [4.78, 5) is 10.8. The smallest absolute Gasteiger partial charge is 0.337 e. The lowest BCUT2D eigenvalue weighted by Crippen LogP contribution is -2.34. The van der Waals surface area contributed by atoms with Gasteiger partial charge in [0.2, 0.25) is 5.79 Å². The van der Waals surface area contributed by atoms with Gasteiger partial charge in [0, 0.05) is 13.8 Å². The predicted octanol–water partition coefficient (Wildman–Crippen LogP) is 0.767. The number of ether oxygens (including phenoxy) is 2. The normalized spacial score (nSPS) is 21.6. The molecule has 0 aromatic carbocycles. The standard InChI is InChI=1S/C7H9BO3/c1-7(2)10-5(4-8)3-6(9)11-7/h3H,4H2,1-2H3. The number of hydrogen-bond acceptors (Lipinski definition) is 3. The van der Waals surface area contributed by atoms with Crippen molar-refractivity contribution in [2.24, 2.45) is 0 Å². The van der Waals surface area contributed by atoms with E-state index >= 15 is 0 Å². The molecule has 2 radical (unpaired) electrons. The number of esters is 1. The fourth-order valence-electron chi connectivity index (χ4n) is 0.870. The highest BCUT2D eigenvalue weighted by Gasteiger charge is 2.28. The van der Waals surface area contributed by atoms with Crippen LogP contribution in [-0.2, 0) is 14.3 Å². The van der Waals surface area contributed by atoms with Crippen molar-refractivity contribution >= 4 is 13.8 Å². The predicted molar refractivity (Wildman–Crippen MR) is 39.9 cm³/mol. The van der Waals surface area contributed by atoms with Gasteiger partial charge < -0.3 is 9.47 Å². The van der Waals surface area contributed by atoms with Crippen molar-refractivity contribution in [2.45, 2.75) is 26.0 Å². The molecule has 4 heteroatoms. The number of carbonyl (C=O) groups is 1. The topological polar surface area (TPSA) is 35.5 Å². The van der Waals surface area contributed by atoms with Crippen molar-refractivity contribution in [3.8, 4) is 0 Å². The molecule has 0 aromatic heterocycles. The summed E-state index contributed by atoms with van der Waals surface area (Å²) in [5.41, 5.74) is 0. The second-order valence-corrected chi connectivity index (χ2v) is 2.74. The number of allylic oxidation sites excluding steroid dienone is 1. The minimum atomic E-state index is -0.874. The molecule has 11 heavy (non-hydrogen) atoms. The second-order valence-electron chi connectivity index (χ2n) is 2.74. The number of carbonyl (C=O) groups excluding carboxylic acids is 1. The molecular weight excluding hydrogens is 143 g/mol. The van der Waals surface area contributed by atoms with Crippen LogP contribution in [0.25, 0.3) is 0 Å². The van der Waals surface area contributed by atoms with E-state index in [2.05, 4.69) is 0 Å². The van der Waals surface area contributed by atoms with E-state index in [0.29, 0.717) is 5.76 Å². The second kappa shape index (κ2) is 2.60. The van der Waals surface area contributed by atoms with Gasteiger partial charge in [-0.05, 0) is 6.32 Å². The summed E-state index contributed by atoms with van der Waals surface area (Å²) in [5, 5.41) is 0. The largest absolute Gasteiger partial charge is 0.458 e. The minimum absolute atomic E-state index is 0.221. The van der Waals surface area contributed by atoms with Gasteiger partial charge in [-0.3, -0.25) is 0 Å². The Morgan fingerprint density at radius 2 is 2.18 bits per heavy atom. The van der Waals surface area contributed by atoms with Crippen LogP contribution in [0.2, 0.25) is 6.32 Å². The summed E-state index contributed by atoms with van der Waals surface area (Å²) < 4.78 is 10.00. The SMILES string of the molecule is [B]CC1=CC(=O)OC(C)(C)O1. The van der Waals surface area contributed by atoms with Crippen molar-refractivity contribution in [2.75, 3.05) is 0 Å². The summed E-state index contributed by atoms with van der Waals surface area (Å²) in [6.45, 7) is 3.32. The van der Waals surface area contributed by atoms with E-state index in [1.165, 1.54) is 6.08 Å². The van der Waals surface area contributed by atoms with Crippen LogP contribution in [0.5, 0.6) is 0 Å². The molecule has 0 saturated heterocycles. The van der Waals surface area contributed by atoms with E-state index in [9.17, 15) is 4.79 Å². The Bertz CT molecular complexity index is 208. The fraction of sp³-hybridized carbons (Fsp3) is 0.571.